The number of hydrogen-bond acceptors (Lipinski definition) is 3. The molecular formula is C22H42N2S. The van der Waals surface area contributed by atoms with E-state index in [2.05, 4.69) is 55.5 Å². The van der Waals surface area contributed by atoms with Crippen molar-refractivity contribution < 1.29 is 0 Å². The predicted octanol–water partition coefficient (Wildman–Crippen LogP) is 5.27. The molecule has 4 unspecified atom stereocenters. The van der Waals surface area contributed by atoms with Gasteiger partial charge in [0.15, 0.2) is 0 Å². The Bertz CT molecular complexity index is 391. The van der Waals surface area contributed by atoms with E-state index >= 15 is 0 Å². The van der Waals surface area contributed by atoms with Gasteiger partial charge in [0, 0.05) is 29.4 Å². The summed E-state index contributed by atoms with van der Waals surface area (Å²) in [5, 5.41) is 0.920. The minimum atomic E-state index is 0.748. The summed E-state index contributed by atoms with van der Waals surface area (Å²) in [6, 6.07) is 3.33. The first kappa shape index (κ1) is 20.0. The lowest BCUT2D eigenvalue weighted by Gasteiger charge is -2.43. The van der Waals surface area contributed by atoms with E-state index < -0.39 is 0 Å². The third-order valence-electron chi connectivity index (χ3n) is 7.70. The van der Waals surface area contributed by atoms with Gasteiger partial charge in [-0.05, 0) is 103 Å². The van der Waals surface area contributed by atoms with Gasteiger partial charge < -0.3 is 4.90 Å². The summed E-state index contributed by atoms with van der Waals surface area (Å²) in [5.74, 6) is 1.91. The first-order valence-corrected chi connectivity index (χ1v) is 12.3. The van der Waals surface area contributed by atoms with Gasteiger partial charge in [0.1, 0.15) is 0 Å². The van der Waals surface area contributed by atoms with E-state index in [1.807, 2.05) is 0 Å². The molecule has 146 valence electrons. The summed E-state index contributed by atoms with van der Waals surface area (Å²) >= 11 is 2.07. The van der Waals surface area contributed by atoms with Gasteiger partial charge in [-0.2, -0.15) is 11.8 Å². The third kappa shape index (κ3) is 4.76. The fourth-order valence-corrected chi connectivity index (χ4v) is 6.72. The quantitative estimate of drug-likeness (QED) is 0.606. The summed E-state index contributed by atoms with van der Waals surface area (Å²) < 4.78 is 0. The van der Waals surface area contributed by atoms with E-state index in [0.717, 1.165) is 41.3 Å². The normalized spacial score (nSPS) is 34.6. The van der Waals surface area contributed by atoms with Gasteiger partial charge in [0.05, 0.1) is 0 Å². The van der Waals surface area contributed by atoms with Crippen molar-refractivity contribution in [2.75, 3.05) is 19.3 Å². The molecule has 0 aliphatic carbocycles. The molecule has 0 radical (unpaired) electrons. The Labute approximate surface area is 161 Å². The van der Waals surface area contributed by atoms with Gasteiger partial charge in [0.25, 0.3) is 0 Å². The van der Waals surface area contributed by atoms with Crippen molar-refractivity contribution in [2.45, 2.75) is 108 Å². The third-order valence-corrected chi connectivity index (χ3v) is 8.84. The van der Waals surface area contributed by atoms with Crippen LogP contribution in [0.4, 0.5) is 0 Å². The van der Waals surface area contributed by atoms with Crippen LogP contribution < -0.4 is 0 Å². The minimum Gasteiger partial charge on any atom is -0.301 e. The Morgan fingerprint density at radius 1 is 0.880 bits per heavy atom. The molecule has 0 aromatic carbocycles. The maximum atomic E-state index is 2.85. The van der Waals surface area contributed by atoms with Crippen LogP contribution in [-0.4, -0.2) is 58.6 Å². The maximum absolute atomic E-state index is 2.85. The van der Waals surface area contributed by atoms with Crippen molar-refractivity contribution in [3.05, 3.63) is 0 Å². The standard InChI is InChI=1S/C22H42N2S/c1-16(2)24-20-8-9-21(24)15-19(14-20)17(3)6-7-18(4)23-12-10-22(25-5)11-13-23/h16-22H,6-15H2,1-5H3. The highest BCUT2D eigenvalue weighted by atomic mass is 32.2. The Morgan fingerprint density at radius 3 is 2.00 bits per heavy atom. The molecular weight excluding hydrogens is 324 g/mol. The van der Waals surface area contributed by atoms with Crippen LogP contribution in [0.2, 0.25) is 0 Å². The van der Waals surface area contributed by atoms with Crippen LogP contribution >= 0.6 is 11.8 Å². The van der Waals surface area contributed by atoms with Crippen molar-refractivity contribution in [2.24, 2.45) is 11.8 Å². The summed E-state index contributed by atoms with van der Waals surface area (Å²) in [7, 11) is 0. The maximum Gasteiger partial charge on any atom is 0.0104 e. The fraction of sp³-hybridized carbons (Fsp3) is 1.00. The molecule has 3 aliphatic heterocycles. The van der Waals surface area contributed by atoms with Crippen LogP contribution in [0.25, 0.3) is 0 Å². The number of thioether (sulfide) groups is 1. The number of piperidine rings is 2. The van der Waals surface area contributed by atoms with E-state index in [1.54, 1.807) is 0 Å². The molecule has 3 saturated heterocycles. The zero-order chi connectivity index (χ0) is 18.0. The number of likely N-dealkylation sites (tertiary alicyclic amines) is 1. The van der Waals surface area contributed by atoms with Crippen molar-refractivity contribution in [1.82, 2.24) is 9.80 Å². The van der Waals surface area contributed by atoms with E-state index in [9.17, 15) is 0 Å². The number of fused-ring (bicyclic) bond motifs is 2. The zero-order valence-electron chi connectivity index (χ0n) is 17.4. The van der Waals surface area contributed by atoms with Gasteiger partial charge in [-0.15, -0.1) is 0 Å². The van der Waals surface area contributed by atoms with E-state index in [0.29, 0.717) is 0 Å². The molecule has 3 aliphatic rings. The zero-order valence-corrected chi connectivity index (χ0v) is 18.2. The van der Waals surface area contributed by atoms with Gasteiger partial charge in [0.2, 0.25) is 0 Å². The first-order chi connectivity index (χ1) is 12.0. The van der Waals surface area contributed by atoms with Crippen molar-refractivity contribution in [3.63, 3.8) is 0 Å². The minimum absolute atomic E-state index is 0.748. The lowest BCUT2D eigenvalue weighted by Crippen LogP contribution is -2.47. The topological polar surface area (TPSA) is 6.48 Å². The lowest BCUT2D eigenvalue weighted by molar-refractivity contribution is 0.0520. The average Bonchev–Trinajstić information content (AvgIpc) is 2.90. The van der Waals surface area contributed by atoms with E-state index in [1.165, 1.54) is 64.5 Å². The highest BCUT2D eigenvalue weighted by Gasteiger charge is 2.42. The molecule has 0 saturated carbocycles. The highest BCUT2D eigenvalue weighted by Crippen LogP contribution is 2.43. The van der Waals surface area contributed by atoms with Gasteiger partial charge in [-0.1, -0.05) is 6.92 Å². The fourth-order valence-electron chi connectivity index (χ4n) is 6.04. The Balaban J connectivity index is 1.42. The smallest absolute Gasteiger partial charge is 0.0104 e. The summed E-state index contributed by atoms with van der Waals surface area (Å²) in [6.07, 6.45) is 13.8. The van der Waals surface area contributed by atoms with E-state index in [4.69, 9.17) is 0 Å². The highest BCUT2D eigenvalue weighted by molar-refractivity contribution is 7.99. The monoisotopic (exact) mass is 366 g/mol. The molecule has 3 fully saturated rings. The first-order valence-electron chi connectivity index (χ1n) is 11.0. The van der Waals surface area contributed by atoms with Crippen molar-refractivity contribution in [3.8, 4) is 0 Å². The van der Waals surface area contributed by atoms with Crippen LogP contribution in [0.15, 0.2) is 0 Å². The number of rotatable bonds is 7. The number of hydrogen-bond donors (Lipinski definition) is 0. The average molecular weight is 367 g/mol. The molecule has 3 rings (SSSR count). The molecule has 25 heavy (non-hydrogen) atoms. The Kier molecular flexibility index (Phi) is 7.18. The van der Waals surface area contributed by atoms with Crippen LogP contribution in [0.5, 0.6) is 0 Å². The Morgan fingerprint density at radius 2 is 1.48 bits per heavy atom. The molecule has 2 nitrogen and oxygen atoms in total. The van der Waals surface area contributed by atoms with Crippen LogP contribution in [0.3, 0.4) is 0 Å². The second-order valence-corrected chi connectivity index (χ2v) is 10.7. The Hall–Kier alpha value is 0.270. The summed E-state index contributed by atoms with van der Waals surface area (Å²) in [4.78, 5) is 5.62. The second kappa shape index (κ2) is 8.97. The van der Waals surface area contributed by atoms with E-state index in [-0.39, 0.29) is 0 Å². The van der Waals surface area contributed by atoms with Gasteiger partial charge >= 0.3 is 0 Å². The van der Waals surface area contributed by atoms with Crippen LogP contribution in [0.1, 0.15) is 79.1 Å². The molecule has 0 aromatic rings. The molecule has 0 amide bonds. The van der Waals surface area contributed by atoms with Gasteiger partial charge in [-0.3, -0.25) is 4.90 Å². The lowest BCUT2D eigenvalue weighted by atomic mass is 9.79. The second-order valence-electron chi connectivity index (χ2n) is 9.53. The molecule has 2 bridgehead atoms. The molecule has 0 spiro atoms. The van der Waals surface area contributed by atoms with Crippen LogP contribution in [-0.2, 0) is 0 Å². The molecule has 0 N–H and O–H groups in total. The SMILES string of the molecule is CSC1CCN(C(C)CCC(C)C2CC3CCC(C2)N3C(C)C)CC1. The molecule has 3 heterocycles. The summed E-state index contributed by atoms with van der Waals surface area (Å²) in [5.41, 5.74) is 0. The molecule has 3 heteroatoms. The van der Waals surface area contributed by atoms with Crippen LogP contribution in [0, 0.1) is 11.8 Å². The van der Waals surface area contributed by atoms with Crippen molar-refractivity contribution in [1.29, 1.82) is 0 Å². The summed E-state index contributed by atoms with van der Waals surface area (Å²) in [6.45, 7) is 12.5. The largest absolute Gasteiger partial charge is 0.301 e. The van der Waals surface area contributed by atoms with Gasteiger partial charge in [-0.25, -0.2) is 0 Å². The number of nitrogens with zero attached hydrogens (tertiary/aromatic N) is 2. The van der Waals surface area contributed by atoms with Crippen molar-refractivity contribution >= 4 is 11.8 Å². The molecule has 4 atom stereocenters. The predicted molar refractivity (Wildman–Crippen MR) is 112 cm³/mol. The molecule has 0 aromatic heterocycles.